The standard InChI is InChI=1S/C18H20O3/c1-21-18(20)11-10-16(15-7-3-2-4-8-15)12-14-6-5-9-17(19)13-14/h2-9,13,16,19H,10-12H2,1H3/t16-/m1/s1. The molecule has 0 unspecified atom stereocenters. The molecule has 2 rings (SSSR count). The van der Waals surface area contributed by atoms with Gasteiger partial charge in [-0.2, -0.15) is 0 Å². The monoisotopic (exact) mass is 284 g/mol. The van der Waals surface area contributed by atoms with Crippen LogP contribution in [-0.2, 0) is 16.0 Å². The number of hydrogen-bond acceptors (Lipinski definition) is 3. The van der Waals surface area contributed by atoms with Crippen molar-refractivity contribution < 1.29 is 14.6 Å². The van der Waals surface area contributed by atoms with Crippen molar-refractivity contribution in [2.24, 2.45) is 0 Å². The number of rotatable bonds is 6. The summed E-state index contributed by atoms with van der Waals surface area (Å²) >= 11 is 0. The van der Waals surface area contributed by atoms with Gasteiger partial charge < -0.3 is 9.84 Å². The molecule has 0 amide bonds. The van der Waals surface area contributed by atoms with E-state index in [1.807, 2.05) is 30.3 Å². The molecule has 0 aliphatic rings. The van der Waals surface area contributed by atoms with Crippen LogP contribution >= 0.6 is 0 Å². The lowest BCUT2D eigenvalue weighted by atomic mass is 9.88. The summed E-state index contributed by atoms with van der Waals surface area (Å²) in [6, 6.07) is 17.4. The van der Waals surface area contributed by atoms with Gasteiger partial charge in [-0.25, -0.2) is 0 Å². The Balaban J connectivity index is 2.13. The summed E-state index contributed by atoms with van der Waals surface area (Å²) in [6.07, 6.45) is 1.91. The molecular formula is C18H20O3. The Kier molecular flexibility index (Phi) is 5.38. The van der Waals surface area contributed by atoms with E-state index in [1.54, 1.807) is 12.1 Å². The molecule has 3 nitrogen and oxygen atoms in total. The molecular weight excluding hydrogens is 264 g/mol. The van der Waals surface area contributed by atoms with Crippen LogP contribution in [-0.4, -0.2) is 18.2 Å². The molecule has 0 fully saturated rings. The number of carbonyl (C=O) groups excluding carboxylic acids is 1. The van der Waals surface area contributed by atoms with E-state index < -0.39 is 0 Å². The van der Waals surface area contributed by atoms with E-state index in [1.165, 1.54) is 12.7 Å². The Labute approximate surface area is 125 Å². The van der Waals surface area contributed by atoms with E-state index in [0.29, 0.717) is 6.42 Å². The number of carbonyl (C=O) groups is 1. The number of benzene rings is 2. The average molecular weight is 284 g/mol. The van der Waals surface area contributed by atoms with Gasteiger partial charge in [0.1, 0.15) is 5.75 Å². The van der Waals surface area contributed by atoms with Gasteiger partial charge in [0, 0.05) is 6.42 Å². The maximum Gasteiger partial charge on any atom is 0.305 e. The van der Waals surface area contributed by atoms with Gasteiger partial charge in [0.05, 0.1) is 7.11 Å². The zero-order valence-corrected chi connectivity index (χ0v) is 12.2. The van der Waals surface area contributed by atoms with Crippen LogP contribution in [0.3, 0.4) is 0 Å². The summed E-state index contributed by atoms with van der Waals surface area (Å²) in [5, 5.41) is 9.58. The van der Waals surface area contributed by atoms with E-state index in [9.17, 15) is 9.90 Å². The van der Waals surface area contributed by atoms with Gasteiger partial charge in [0.25, 0.3) is 0 Å². The quantitative estimate of drug-likeness (QED) is 0.823. The zero-order chi connectivity index (χ0) is 15.1. The van der Waals surface area contributed by atoms with E-state index in [-0.39, 0.29) is 17.6 Å². The van der Waals surface area contributed by atoms with Gasteiger partial charge in [-0.05, 0) is 42.0 Å². The summed E-state index contributed by atoms with van der Waals surface area (Å²) in [5.41, 5.74) is 2.26. The third kappa shape index (κ3) is 4.63. The predicted octanol–water partition coefficient (Wildman–Crippen LogP) is 3.67. The first-order valence-corrected chi connectivity index (χ1v) is 7.08. The van der Waals surface area contributed by atoms with Gasteiger partial charge in [0.15, 0.2) is 0 Å². The SMILES string of the molecule is COC(=O)CC[C@H](Cc1cccc(O)c1)c1ccccc1. The molecule has 3 heteroatoms. The molecule has 1 N–H and O–H groups in total. The summed E-state index contributed by atoms with van der Waals surface area (Å²) in [5.74, 6) is 0.311. The molecule has 110 valence electrons. The van der Waals surface area contributed by atoms with Crippen molar-refractivity contribution in [1.82, 2.24) is 0 Å². The second-order valence-electron chi connectivity index (χ2n) is 5.10. The van der Waals surface area contributed by atoms with Gasteiger partial charge >= 0.3 is 5.97 Å². The molecule has 2 aromatic carbocycles. The molecule has 0 bridgehead atoms. The lowest BCUT2D eigenvalue weighted by Gasteiger charge is -2.17. The van der Waals surface area contributed by atoms with Crippen molar-refractivity contribution in [1.29, 1.82) is 0 Å². The smallest absolute Gasteiger partial charge is 0.305 e. The third-order valence-electron chi connectivity index (χ3n) is 3.59. The highest BCUT2D eigenvalue weighted by atomic mass is 16.5. The molecule has 0 spiro atoms. The molecule has 0 saturated carbocycles. The summed E-state index contributed by atoms with van der Waals surface area (Å²) in [7, 11) is 1.41. The van der Waals surface area contributed by atoms with Crippen LogP contribution < -0.4 is 0 Å². The number of esters is 1. The number of phenolic OH excluding ortho intramolecular Hbond substituents is 1. The minimum atomic E-state index is -0.188. The molecule has 0 saturated heterocycles. The van der Waals surface area contributed by atoms with E-state index in [0.717, 1.165) is 18.4 Å². The van der Waals surface area contributed by atoms with Gasteiger partial charge in [-0.3, -0.25) is 4.79 Å². The fourth-order valence-corrected chi connectivity index (χ4v) is 2.47. The number of ether oxygens (including phenoxy) is 1. The highest BCUT2D eigenvalue weighted by Crippen LogP contribution is 2.27. The Bertz CT molecular complexity index is 578. The maximum absolute atomic E-state index is 11.4. The number of hydrogen-bond donors (Lipinski definition) is 1. The molecule has 0 radical (unpaired) electrons. The van der Waals surface area contributed by atoms with Crippen molar-refractivity contribution in [2.45, 2.75) is 25.2 Å². The Morgan fingerprint density at radius 1 is 1.14 bits per heavy atom. The molecule has 0 aliphatic heterocycles. The van der Waals surface area contributed by atoms with E-state index in [2.05, 4.69) is 12.1 Å². The molecule has 0 heterocycles. The highest BCUT2D eigenvalue weighted by Gasteiger charge is 2.15. The van der Waals surface area contributed by atoms with Crippen molar-refractivity contribution in [3.8, 4) is 5.75 Å². The van der Waals surface area contributed by atoms with Crippen LogP contribution in [0.1, 0.15) is 29.9 Å². The normalized spacial score (nSPS) is 11.9. The second-order valence-corrected chi connectivity index (χ2v) is 5.10. The van der Waals surface area contributed by atoms with Crippen LogP contribution in [0.4, 0.5) is 0 Å². The van der Waals surface area contributed by atoms with Crippen molar-refractivity contribution in [2.75, 3.05) is 7.11 Å². The minimum Gasteiger partial charge on any atom is -0.508 e. The fourth-order valence-electron chi connectivity index (χ4n) is 2.47. The molecule has 1 atom stereocenters. The highest BCUT2D eigenvalue weighted by molar-refractivity contribution is 5.69. The van der Waals surface area contributed by atoms with E-state index in [4.69, 9.17) is 4.74 Å². The lowest BCUT2D eigenvalue weighted by molar-refractivity contribution is -0.140. The predicted molar refractivity (Wildman–Crippen MR) is 82.2 cm³/mol. The first-order chi connectivity index (χ1) is 10.2. The molecule has 0 aliphatic carbocycles. The number of methoxy groups -OCH3 is 1. The molecule has 0 aromatic heterocycles. The second kappa shape index (κ2) is 7.48. The van der Waals surface area contributed by atoms with Crippen LogP contribution in [0.15, 0.2) is 54.6 Å². The fraction of sp³-hybridized carbons (Fsp3) is 0.278. The van der Waals surface area contributed by atoms with Crippen LogP contribution in [0.25, 0.3) is 0 Å². The number of phenols is 1. The van der Waals surface area contributed by atoms with Crippen molar-refractivity contribution in [3.05, 3.63) is 65.7 Å². The Morgan fingerprint density at radius 3 is 2.57 bits per heavy atom. The van der Waals surface area contributed by atoms with Crippen molar-refractivity contribution in [3.63, 3.8) is 0 Å². The third-order valence-corrected chi connectivity index (χ3v) is 3.59. The first kappa shape index (κ1) is 15.1. The van der Waals surface area contributed by atoms with Gasteiger partial charge in [-0.15, -0.1) is 0 Å². The van der Waals surface area contributed by atoms with Gasteiger partial charge in [-0.1, -0.05) is 42.5 Å². The Morgan fingerprint density at radius 2 is 1.90 bits per heavy atom. The van der Waals surface area contributed by atoms with Crippen LogP contribution in [0.2, 0.25) is 0 Å². The summed E-state index contributed by atoms with van der Waals surface area (Å²) in [6.45, 7) is 0. The minimum absolute atomic E-state index is 0.188. The van der Waals surface area contributed by atoms with Crippen molar-refractivity contribution >= 4 is 5.97 Å². The van der Waals surface area contributed by atoms with E-state index >= 15 is 0 Å². The topological polar surface area (TPSA) is 46.5 Å². The lowest BCUT2D eigenvalue weighted by Crippen LogP contribution is -2.08. The Hall–Kier alpha value is -2.29. The van der Waals surface area contributed by atoms with Gasteiger partial charge in [0.2, 0.25) is 0 Å². The first-order valence-electron chi connectivity index (χ1n) is 7.08. The largest absolute Gasteiger partial charge is 0.508 e. The molecule has 21 heavy (non-hydrogen) atoms. The average Bonchev–Trinajstić information content (AvgIpc) is 2.52. The summed E-state index contributed by atoms with van der Waals surface area (Å²) < 4.78 is 4.73. The summed E-state index contributed by atoms with van der Waals surface area (Å²) in [4.78, 5) is 11.4. The zero-order valence-electron chi connectivity index (χ0n) is 12.2. The number of aromatic hydroxyl groups is 1. The van der Waals surface area contributed by atoms with Crippen LogP contribution in [0.5, 0.6) is 5.75 Å². The van der Waals surface area contributed by atoms with Crippen LogP contribution in [0, 0.1) is 0 Å². The molecule has 2 aromatic rings. The maximum atomic E-state index is 11.4.